The number of hydrogen-bond donors (Lipinski definition) is 0. The maximum atomic E-state index is 13.4. The molecule has 2 aromatic heterocycles. The zero-order chi connectivity index (χ0) is 20.2. The van der Waals surface area contributed by atoms with Crippen molar-refractivity contribution in [2.24, 2.45) is 5.92 Å². The van der Waals surface area contributed by atoms with Crippen molar-refractivity contribution in [3.8, 4) is 0 Å². The maximum Gasteiger partial charge on any atom is 0.248 e. The third-order valence-electron chi connectivity index (χ3n) is 6.78. The van der Waals surface area contributed by atoms with Gasteiger partial charge in [0.2, 0.25) is 17.7 Å². The fourth-order valence-electron chi connectivity index (χ4n) is 5.08. The Balaban J connectivity index is 1.21. The molecule has 0 N–H and O–H groups in total. The Morgan fingerprint density at radius 3 is 2.66 bits per heavy atom. The van der Waals surface area contributed by atoms with Gasteiger partial charge >= 0.3 is 0 Å². The van der Waals surface area contributed by atoms with Gasteiger partial charge in [0.25, 0.3) is 0 Å². The van der Waals surface area contributed by atoms with Crippen molar-refractivity contribution in [1.82, 2.24) is 25.4 Å². The second-order valence-electron chi connectivity index (χ2n) is 8.63. The van der Waals surface area contributed by atoms with Gasteiger partial charge in [0.1, 0.15) is 11.4 Å². The molecule has 29 heavy (non-hydrogen) atoms. The van der Waals surface area contributed by atoms with Crippen LogP contribution in [-0.2, 0) is 11.2 Å². The topological polar surface area (TPSA) is 98.2 Å². The van der Waals surface area contributed by atoms with Crippen molar-refractivity contribution in [3.63, 3.8) is 0 Å². The number of aryl methyl sites for hydroxylation is 1. The van der Waals surface area contributed by atoms with Crippen LogP contribution in [0.2, 0.25) is 0 Å². The zero-order valence-corrected chi connectivity index (χ0v) is 16.2. The normalized spacial score (nSPS) is 28.9. The Morgan fingerprint density at radius 1 is 1.21 bits per heavy atom. The molecule has 156 valence electrons. The van der Waals surface area contributed by atoms with E-state index in [1.807, 2.05) is 4.90 Å². The summed E-state index contributed by atoms with van der Waals surface area (Å²) in [5.41, 5.74) is 1.22. The summed E-state index contributed by atoms with van der Waals surface area (Å²) >= 11 is 0. The highest BCUT2D eigenvalue weighted by Gasteiger charge is 2.49. The monoisotopic (exact) mass is 407 g/mol. The number of piperidine rings is 1. The molecule has 0 spiro atoms. The summed E-state index contributed by atoms with van der Waals surface area (Å²) in [4.78, 5) is 19.1. The average molecular weight is 407 g/mol. The average Bonchev–Trinajstić information content (AvgIpc) is 3.45. The summed E-state index contributed by atoms with van der Waals surface area (Å²) in [5, 5.41) is 11.6. The number of amides is 1. The summed E-state index contributed by atoms with van der Waals surface area (Å²) in [5.74, 6) is -1.03. The number of halogens is 2. The standard InChI is InChI=1S/C19H23F2N5O3/c1-10-15(24-29-23-10)8-16(27)26-9-12-6-13(26)7-14(12)18-22-17(25-28-18)11-2-4-19(20,21)5-3-11/h11-14H,2-9H2,1H3. The van der Waals surface area contributed by atoms with E-state index in [4.69, 9.17) is 4.52 Å². The summed E-state index contributed by atoms with van der Waals surface area (Å²) in [6, 6.07) is 0.154. The molecular weight excluding hydrogens is 384 g/mol. The molecule has 10 heteroatoms. The molecule has 3 fully saturated rings. The quantitative estimate of drug-likeness (QED) is 0.768. The number of alkyl halides is 2. The number of carbonyl (C=O) groups is 1. The van der Waals surface area contributed by atoms with Crippen molar-refractivity contribution < 1.29 is 22.7 Å². The Morgan fingerprint density at radius 2 is 2.00 bits per heavy atom. The van der Waals surface area contributed by atoms with E-state index in [9.17, 15) is 13.6 Å². The van der Waals surface area contributed by atoms with Crippen LogP contribution in [0.4, 0.5) is 8.78 Å². The second-order valence-corrected chi connectivity index (χ2v) is 8.63. The summed E-state index contributed by atoms with van der Waals surface area (Å²) in [6.45, 7) is 2.43. The number of aromatic nitrogens is 4. The van der Waals surface area contributed by atoms with E-state index in [0.29, 0.717) is 42.5 Å². The molecule has 2 bridgehead atoms. The van der Waals surface area contributed by atoms with Crippen LogP contribution < -0.4 is 0 Å². The van der Waals surface area contributed by atoms with Crippen molar-refractivity contribution in [2.75, 3.05) is 6.54 Å². The fourth-order valence-corrected chi connectivity index (χ4v) is 5.08. The third-order valence-corrected chi connectivity index (χ3v) is 6.78. The van der Waals surface area contributed by atoms with Gasteiger partial charge in [-0.2, -0.15) is 4.98 Å². The van der Waals surface area contributed by atoms with Crippen LogP contribution in [0.25, 0.3) is 0 Å². The van der Waals surface area contributed by atoms with E-state index in [1.54, 1.807) is 6.92 Å². The maximum absolute atomic E-state index is 13.4. The first-order chi connectivity index (χ1) is 13.9. The van der Waals surface area contributed by atoms with Gasteiger partial charge in [-0.3, -0.25) is 4.79 Å². The van der Waals surface area contributed by atoms with Crippen LogP contribution in [0.15, 0.2) is 9.15 Å². The van der Waals surface area contributed by atoms with Crippen LogP contribution in [0.1, 0.15) is 73.5 Å². The van der Waals surface area contributed by atoms with E-state index >= 15 is 0 Å². The van der Waals surface area contributed by atoms with Gasteiger partial charge in [0, 0.05) is 37.3 Å². The lowest BCUT2D eigenvalue weighted by molar-refractivity contribution is -0.132. The van der Waals surface area contributed by atoms with Crippen LogP contribution >= 0.6 is 0 Å². The van der Waals surface area contributed by atoms with Gasteiger partial charge in [-0.05, 0) is 38.5 Å². The predicted octanol–water partition coefficient (Wildman–Crippen LogP) is 3.00. The van der Waals surface area contributed by atoms with E-state index in [2.05, 4.69) is 25.1 Å². The van der Waals surface area contributed by atoms with Gasteiger partial charge in [0.15, 0.2) is 5.82 Å². The van der Waals surface area contributed by atoms with E-state index in [0.717, 1.165) is 12.8 Å². The molecule has 8 nitrogen and oxygen atoms in total. The number of hydrogen-bond acceptors (Lipinski definition) is 7. The first-order valence-corrected chi connectivity index (χ1v) is 10.2. The lowest BCUT2D eigenvalue weighted by atomic mass is 9.86. The highest BCUT2D eigenvalue weighted by molar-refractivity contribution is 5.79. The van der Waals surface area contributed by atoms with Crippen molar-refractivity contribution in [2.45, 2.75) is 75.7 Å². The van der Waals surface area contributed by atoms with Crippen LogP contribution in [0.3, 0.4) is 0 Å². The number of likely N-dealkylation sites (tertiary alicyclic amines) is 1. The second kappa shape index (κ2) is 6.84. The Bertz CT molecular complexity index is 903. The minimum atomic E-state index is -2.57. The third kappa shape index (κ3) is 3.42. The molecule has 3 unspecified atom stereocenters. The molecule has 0 radical (unpaired) electrons. The Labute approximate surface area is 166 Å². The largest absolute Gasteiger partial charge is 0.339 e. The smallest absolute Gasteiger partial charge is 0.248 e. The molecule has 3 aliphatic rings. The zero-order valence-electron chi connectivity index (χ0n) is 16.2. The molecule has 0 aromatic carbocycles. The number of carbonyl (C=O) groups excluding carboxylic acids is 1. The highest BCUT2D eigenvalue weighted by Crippen LogP contribution is 2.48. The molecule has 3 heterocycles. The minimum Gasteiger partial charge on any atom is -0.339 e. The lowest BCUT2D eigenvalue weighted by Gasteiger charge is -2.30. The fraction of sp³-hybridized carbons (Fsp3) is 0.737. The van der Waals surface area contributed by atoms with Crippen LogP contribution in [0.5, 0.6) is 0 Å². The Hall–Kier alpha value is -2.39. The van der Waals surface area contributed by atoms with Crippen molar-refractivity contribution in [1.29, 1.82) is 0 Å². The first kappa shape index (κ1) is 18.6. The molecule has 2 aliphatic carbocycles. The number of fused-ring (bicyclic) bond motifs is 2. The van der Waals surface area contributed by atoms with Crippen molar-refractivity contribution in [3.05, 3.63) is 23.1 Å². The molecule has 3 atom stereocenters. The molecular formula is C19H23F2N5O3. The van der Waals surface area contributed by atoms with E-state index < -0.39 is 5.92 Å². The Kier molecular flexibility index (Phi) is 4.40. The van der Waals surface area contributed by atoms with Gasteiger partial charge in [0.05, 0.1) is 6.42 Å². The molecule has 1 amide bonds. The molecule has 2 aromatic rings. The lowest BCUT2D eigenvalue weighted by Crippen LogP contribution is -2.40. The van der Waals surface area contributed by atoms with Crippen molar-refractivity contribution >= 4 is 5.91 Å². The van der Waals surface area contributed by atoms with Gasteiger partial charge in [-0.25, -0.2) is 13.4 Å². The highest BCUT2D eigenvalue weighted by atomic mass is 19.3. The van der Waals surface area contributed by atoms with Gasteiger partial charge < -0.3 is 9.42 Å². The number of rotatable bonds is 4. The SMILES string of the molecule is Cc1nonc1CC(=O)N1CC2CC1CC2c1nc(C2CCC(F)(F)CC2)no1. The first-order valence-electron chi connectivity index (χ1n) is 10.2. The summed E-state index contributed by atoms with van der Waals surface area (Å²) in [6.07, 6.45) is 2.44. The van der Waals surface area contributed by atoms with E-state index in [1.165, 1.54) is 0 Å². The molecule has 1 aliphatic heterocycles. The summed E-state index contributed by atoms with van der Waals surface area (Å²) in [7, 11) is 0. The molecule has 5 rings (SSSR count). The van der Waals surface area contributed by atoms with Crippen LogP contribution in [-0.4, -0.2) is 49.8 Å². The molecule has 2 saturated carbocycles. The summed E-state index contributed by atoms with van der Waals surface area (Å²) < 4.78 is 37.0. The van der Waals surface area contributed by atoms with Crippen LogP contribution in [0, 0.1) is 12.8 Å². The van der Waals surface area contributed by atoms with Gasteiger partial charge in [-0.1, -0.05) is 15.5 Å². The number of nitrogens with zero attached hydrogens (tertiary/aromatic N) is 5. The van der Waals surface area contributed by atoms with E-state index in [-0.39, 0.29) is 49.0 Å². The van der Waals surface area contributed by atoms with Gasteiger partial charge in [-0.15, -0.1) is 0 Å². The minimum absolute atomic E-state index is 0.0316. The molecule has 1 saturated heterocycles. The predicted molar refractivity (Wildman–Crippen MR) is 94.2 cm³/mol.